The van der Waals surface area contributed by atoms with E-state index in [1.165, 1.54) is 206 Å². The van der Waals surface area contributed by atoms with Crippen LogP contribution in [0.15, 0.2) is 0 Å². The zero-order valence-electron chi connectivity index (χ0n) is 31.0. The lowest BCUT2D eigenvalue weighted by molar-refractivity contribution is 0.125. The second-order valence-corrected chi connectivity index (χ2v) is 14.2. The van der Waals surface area contributed by atoms with Gasteiger partial charge in [-0.2, -0.15) is 0 Å². The van der Waals surface area contributed by atoms with E-state index < -0.39 is 0 Å². The van der Waals surface area contributed by atoms with Crippen LogP contribution in [0.2, 0.25) is 0 Å². The van der Waals surface area contributed by atoms with Crippen LogP contribution in [0.3, 0.4) is 0 Å². The highest BCUT2D eigenvalue weighted by Crippen LogP contribution is 2.25. The van der Waals surface area contributed by atoms with Crippen molar-refractivity contribution in [1.29, 1.82) is 0 Å². The number of unbranched alkanes of at least 4 members (excludes halogenated alkanes) is 23. The van der Waals surface area contributed by atoms with E-state index >= 15 is 0 Å². The minimum atomic E-state index is 0.300. The van der Waals surface area contributed by atoms with E-state index in [1.54, 1.807) is 0 Å². The summed E-state index contributed by atoms with van der Waals surface area (Å²) in [6, 6.07) is 0. The Kier molecular flexibility index (Phi) is 39.0. The fourth-order valence-electron chi connectivity index (χ4n) is 6.79. The molecule has 0 unspecified atom stereocenters. The number of rotatable bonds is 39. The van der Waals surface area contributed by atoms with Gasteiger partial charge in [-0.25, -0.2) is 0 Å². The molecule has 0 aliphatic carbocycles. The molecule has 0 spiro atoms. The fourth-order valence-corrected chi connectivity index (χ4v) is 6.79. The van der Waals surface area contributed by atoms with Crippen molar-refractivity contribution < 1.29 is 9.84 Å². The Morgan fingerprint density at radius 2 is 0.705 bits per heavy atom. The fraction of sp³-hybridized carbons (Fsp3) is 1.00. The summed E-state index contributed by atoms with van der Waals surface area (Å²) in [6.07, 6.45) is 43.1. The first-order valence-corrected chi connectivity index (χ1v) is 20.7. The van der Waals surface area contributed by atoms with Crippen molar-refractivity contribution >= 4 is 0 Å². The molecule has 0 saturated heterocycles. The number of nitrogens with zero attached hydrogens (tertiary/aromatic N) is 1. The molecule has 0 aromatic rings. The van der Waals surface area contributed by atoms with Crippen molar-refractivity contribution in [2.24, 2.45) is 5.92 Å². The van der Waals surface area contributed by atoms with E-state index in [0.717, 1.165) is 32.2 Å². The zero-order valence-corrected chi connectivity index (χ0v) is 31.0. The maximum absolute atomic E-state index is 9.55. The first-order valence-electron chi connectivity index (χ1n) is 20.7. The molecule has 0 aliphatic heterocycles. The summed E-state index contributed by atoms with van der Waals surface area (Å²) in [6.45, 7) is 12.3. The summed E-state index contributed by atoms with van der Waals surface area (Å²) >= 11 is 0. The molecule has 0 rings (SSSR count). The van der Waals surface area contributed by atoms with E-state index in [4.69, 9.17) is 4.74 Å². The average Bonchev–Trinajstić information content (AvgIpc) is 3.03. The normalized spacial score (nSPS) is 11.9. The summed E-state index contributed by atoms with van der Waals surface area (Å²) in [4.78, 5) is 2.51. The lowest BCUT2D eigenvalue weighted by atomic mass is 9.89. The SMILES string of the molecule is CCCCCCCCOCCCCCCCN(CCO)CCCCCCCC(CCCCCCCC)CCCCCCCC. The highest BCUT2D eigenvalue weighted by Gasteiger charge is 2.09. The number of aliphatic hydroxyl groups excluding tert-OH is 1. The topological polar surface area (TPSA) is 32.7 Å². The van der Waals surface area contributed by atoms with Gasteiger partial charge in [0.05, 0.1) is 6.61 Å². The first-order chi connectivity index (χ1) is 21.8. The van der Waals surface area contributed by atoms with Crippen LogP contribution in [0, 0.1) is 5.92 Å². The van der Waals surface area contributed by atoms with Gasteiger partial charge in [-0.3, -0.25) is 0 Å². The molecular formula is C41H85NO2. The van der Waals surface area contributed by atoms with Crippen LogP contribution >= 0.6 is 0 Å². The summed E-state index contributed by atoms with van der Waals surface area (Å²) in [7, 11) is 0. The lowest BCUT2D eigenvalue weighted by Gasteiger charge is -2.21. The number of ether oxygens (including phenoxy) is 1. The Labute approximate surface area is 279 Å². The van der Waals surface area contributed by atoms with Gasteiger partial charge in [0, 0.05) is 19.8 Å². The van der Waals surface area contributed by atoms with Gasteiger partial charge in [-0.1, -0.05) is 194 Å². The van der Waals surface area contributed by atoms with E-state index in [-0.39, 0.29) is 0 Å². The zero-order chi connectivity index (χ0) is 32.0. The molecule has 44 heavy (non-hydrogen) atoms. The molecule has 0 fully saturated rings. The molecule has 3 heteroatoms. The third kappa shape index (κ3) is 34.7. The highest BCUT2D eigenvalue weighted by molar-refractivity contribution is 4.63. The summed E-state index contributed by atoms with van der Waals surface area (Å²) < 4.78 is 5.83. The van der Waals surface area contributed by atoms with Crippen LogP contribution in [0.4, 0.5) is 0 Å². The standard InChI is InChI=1S/C41H85NO2/c1-4-7-10-13-18-25-32-41(33-26-19-14-11-8-5-2)34-27-20-16-21-28-35-42(37-38-43)36-29-22-17-24-31-40-44-39-30-23-15-12-9-6-3/h41,43H,4-40H2,1-3H3. The van der Waals surface area contributed by atoms with Crippen LogP contribution < -0.4 is 0 Å². The van der Waals surface area contributed by atoms with Gasteiger partial charge in [0.1, 0.15) is 0 Å². The number of aliphatic hydroxyl groups is 1. The quantitative estimate of drug-likeness (QED) is 0.0691. The molecule has 0 atom stereocenters. The Balaban J connectivity index is 3.84. The molecule has 0 bridgehead atoms. The summed E-state index contributed by atoms with van der Waals surface area (Å²) in [5.41, 5.74) is 0. The van der Waals surface area contributed by atoms with Crippen LogP contribution in [0.1, 0.15) is 220 Å². The molecule has 0 aromatic carbocycles. The molecule has 3 nitrogen and oxygen atoms in total. The van der Waals surface area contributed by atoms with Crippen LogP contribution in [-0.4, -0.2) is 49.5 Å². The van der Waals surface area contributed by atoms with Crippen LogP contribution in [-0.2, 0) is 4.74 Å². The Morgan fingerprint density at radius 1 is 0.386 bits per heavy atom. The van der Waals surface area contributed by atoms with Crippen LogP contribution in [0.25, 0.3) is 0 Å². The van der Waals surface area contributed by atoms with E-state index in [1.807, 2.05) is 0 Å². The van der Waals surface area contributed by atoms with Crippen molar-refractivity contribution in [2.45, 2.75) is 220 Å². The molecule has 266 valence electrons. The molecule has 0 radical (unpaired) electrons. The second-order valence-electron chi connectivity index (χ2n) is 14.2. The van der Waals surface area contributed by atoms with Crippen molar-refractivity contribution in [3.8, 4) is 0 Å². The third-order valence-electron chi connectivity index (χ3n) is 9.84. The maximum Gasteiger partial charge on any atom is 0.0558 e. The molecule has 0 aromatic heterocycles. The largest absolute Gasteiger partial charge is 0.395 e. The molecule has 0 heterocycles. The number of hydrogen-bond acceptors (Lipinski definition) is 3. The highest BCUT2D eigenvalue weighted by atomic mass is 16.5. The lowest BCUT2D eigenvalue weighted by Crippen LogP contribution is -2.29. The predicted molar refractivity (Wildman–Crippen MR) is 198 cm³/mol. The maximum atomic E-state index is 9.55. The monoisotopic (exact) mass is 624 g/mol. The van der Waals surface area contributed by atoms with Gasteiger partial charge in [0.25, 0.3) is 0 Å². The Morgan fingerprint density at radius 3 is 1.07 bits per heavy atom. The first kappa shape index (κ1) is 43.9. The Bertz CT molecular complexity index is 483. The number of hydrogen-bond donors (Lipinski definition) is 1. The van der Waals surface area contributed by atoms with Crippen molar-refractivity contribution in [1.82, 2.24) is 4.90 Å². The van der Waals surface area contributed by atoms with E-state index in [2.05, 4.69) is 25.7 Å². The van der Waals surface area contributed by atoms with Crippen LogP contribution in [0.5, 0.6) is 0 Å². The second kappa shape index (κ2) is 39.1. The summed E-state index contributed by atoms with van der Waals surface area (Å²) in [5.74, 6) is 0.991. The molecule has 0 amide bonds. The van der Waals surface area contributed by atoms with E-state index in [0.29, 0.717) is 6.61 Å². The average molecular weight is 624 g/mol. The minimum Gasteiger partial charge on any atom is -0.395 e. The van der Waals surface area contributed by atoms with Gasteiger partial charge >= 0.3 is 0 Å². The van der Waals surface area contributed by atoms with E-state index in [9.17, 15) is 5.11 Å². The molecule has 0 saturated carbocycles. The Hall–Kier alpha value is -0.120. The van der Waals surface area contributed by atoms with Gasteiger partial charge < -0.3 is 14.7 Å². The van der Waals surface area contributed by atoms with Gasteiger partial charge in [0.2, 0.25) is 0 Å². The van der Waals surface area contributed by atoms with Crippen molar-refractivity contribution in [2.75, 3.05) is 39.5 Å². The van der Waals surface area contributed by atoms with Crippen molar-refractivity contribution in [3.05, 3.63) is 0 Å². The molecule has 1 N–H and O–H groups in total. The molecular weight excluding hydrogens is 538 g/mol. The predicted octanol–water partition coefficient (Wildman–Crippen LogP) is 13.1. The molecule has 0 aliphatic rings. The van der Waals surface area contributed by atoms with Gasteiger partial charge in [-0.15, -0.1) is 0 Å². The smallest absolute Gasteiger partial charge is 0.0558 e. The van der Waals surface area contributed by atoms with Gasteiger partial charge in [-0.05, 0) is 44.7 Å². The van der Waals surface area contributed by atoms with Gasteiger partial charge in [0.15, 0.2) is 0 Å². The summed E-state index contributed by atoms with van der Waals surface area (Å²) in [5, 5.41) is 9.55. The third-order valence-corrected chi connectivity index (χ3v) is 9.84. The van der Waals surface area contributed by atoms with Crippen molar-refractivity contribution in [3.63, 3.8) is 0 Å². The minimum absolute atomic E-state index is 0.300.